The van der Waals surface area contributed by atoms with Crippen molar-refractivity contribution >= 4 is 16.8 Å². The first-order valence-corrected chi connectivity index (χ1v) is 8.43. The summed E-state index contributed by atoms with van der Waals surface area (Å²) in [5.74, 6) is 0.530. The van der Waals surface area contributed by atoms with Gasteiger partial charge in [-0.15, -0.1) is 0 Å². The van der Waals surface area contributed by atoms with E-state index in [9.17, 15) is 4.79 Å². The summed E-state index contributed by atoms with van der Waals surface area (Å²) in [6, 6.07) is 10.4. The van der Waals surface area contributed by atoms with Crippen LogP contribution in [0.15, 0.2) is 30.3 Å². The lowest BCUT2D eigenvalue weighted by Crippen LogP contribution is -2.33. The number of hydrogen-bond donors (Lipinski definition) is 1. The van der Waals surface area contributed by atoms with Gasteiger partial charge < -0.3 is 10.2 Å². The highest BCUT2D eigenvalue weighted by Gasteiger charge is 2.24. The first-order chi connectivity index (χ1) is 11.0. The Kier molecular flexibility index (Phi) is 4.62. The summed E-state index contributed by atoms with van der Waals surface area (Å²) in [5.41, 5.74) is 2.39. The quantitative estimate of drug-likeness (QED) is 0.944. The van der Waals surface area contributed by atoms with E-state index in [1.807, 2.05) is 37.3 Å². The first-order valence-electron chi connectivity index (χ1n) is 8.43. The first kappa shape index (κ1) is 15.9. The summed E-state index contributed by atoms with van der Waals surface area (Å²) < 4.78 is 0. The maximum atomic E-state index is 12.6. The van der Waals surface area contributed by atoms with Crippen LogP contribution in [-0.4, -0.2) is 41.5 Å². The fourth-order valence-electron chi connectivity index (χ4n) is 3.26. The lowest BCUT2D eigenvalue weighted by molar-refractivity contribution is 0.0948. The Bertz CT molecular complexity index is 711. The predicted molar refractivity (Wildman–Crippen MR) is 93.6 cm³/mol. The molecule has 1 saturated heterocycles. The molecule has 1 amide bonds. The molecule has 2 aromatic rings. The lowest BCUT2D eigenvalue weighted by Gasteiger charge is -2.20. The molecule has 4 heteroatoms. The zero-order valence-electron chi connectivity index (χ0n) is 14.2. The van der Waals surface area contributed by atoms with Crippen molar-refractivity contribution in [2.24, 2.45) is 5.92 Å². The van der Waals surface area contributed by atoms with Crippen LogP contribution in [0, 0.1) is 12.8 Å². The second kappa shape index (κ2) is 6.67. The van der Waals surface area contributed by atoms with Gasteiger partial charge in [0.05, 0.1) is 11.1 Å². The van der Waals surface area contributed by atoms with E-state index >= 15 is 0 Å². The van der Waals surface area contributed by atoms with E-state index in [0.29, 0.717) is 17.5 Å². The molecule has 1 aliphatic heterocycles. The molecule has 1 atom stereocenters. The van der Waals surface area contributed by atoms with Crippen molar-refractivity contribution in [2.45, 2.75) is 33.2 Å². The number of likely N-dealkylation sites (tertiary alicyclic amines) is 1. The number of benzene rings is 1. The number of carbonyl (C=O) groups excluding carboxylic acids is 1. The predicted octanol–water partition coefficient (Wildman–Crippen LogP) is 3.00. The van der Waals surface area contributed by atoms with Gasteiger partial charge in [0.1, 0.15) is 0 Å². The van der Waals surface area contributed by atoms with Crippen LogP contribution in [0.25, 0.3) is 10.9 Å². The molecular formula is C19H25N3O. The van der Waals surface area contributed by atoms with Gasteiger partial charge in [-0.1, -0.05) is 18.2 Å². The number of amides is 1. The minimum absolute atomic E-state index is 0.0169. The topological polar surface area (TPSA) is 45.2 Å². The van der Waals surface area contributed by atoms with Crippen molar-refractivity contribution in [2.75, 3.05) is 19.6 Å². The van der Waals surface area contributed by atoms with Crippen LogP contribution >= 0.6 is 0 Å². The van der Waals surface area contributed by atoms with Gasteiger partial charge in [-0.3, -0.25) is 9.78 Å². The molecular weight excluding hydrogens is 286 g/mol. The number of rotatable bonds is 4. The van der Waals surface area contributed by atoms with E-state index < -0.39 is 0 Å². The van der Waals surface area contributed by atoms with Crippen LogP contribution in [-0.2, 0) is 0 Å². The third kappa shape index (κ3) is 3.53. The third-order valence-electron chi connectivity index (χ3n) is 4.70. The van der Waals surface area contributed by atoms with Gasteiger partial charge in [0.25, 0.3) is 5.91 Å². The molecule has 0 unspecified atom stereocenters. The number of aromatic nitrogens is 1. The minimum Gasteiger partial charge on any atom is -0.352 e. The SMILES string of the molecule is Cc1ccc2cccc(C(=O)NC[C@@H]3CCN(C(C)C)C3)c2n1. The van der Waals surface area contributed by atoms with E-state index in [4.69, 9.17) is 0 Å². The highest BCUT2D eigenvalue weighted by atomic mass is 16.1. The maximum absolute atomic E-state index is 12.6. The largest absolute Gasteiger partial charge is 0.352 e. The van der Waals surface area contributed by atoms with Gasteiger partial charge in [-0.2, -0.15) is 0 Å². The average Bonchev–Trinajstić information content (AvgIpc) is 3.01. The van der Waals surface area contributed by atoms with Gasteiger partial charge in [-0.25, -0.2) is 0 Å². The molecule has 0 saturated carbocycles. The molecule has 1 aromatic carbocycles. The molecule has 4 nitrogen and oxygen atoms in total. The third-order valence-corrected chi connectivity index (χ3v) is 4.70. The van der Waals surface area contributed by atoms with Gasteiger partial charge in [-0.05, 0) is 51.8 Å². The number of fused-ring (bicyclic) bond motifs is 1. The Hall–Kier alpha value is -1.94. The standard InChI is InChI=1S/C19H25N3O/c1-13(2)22-10-9-15(12-22)11-20-19(23)17-6-4-5-16-8-7-14(3)21-18(16)17/h4-8,13,15H,9-12H2,1-3H3,(H,20,23)/t15-/m0/s1. The number of pyridine rings is 1. The Morgan fingerprint density at radius 1 is 1.35 bits per heavy atom. The smallest absolute Gasteiger partial charge is 0.253 e. The Balaban J connectivity index is 1.68. The fourth-order valence-corrected chi connectivity index (χ4v) is 3.26. The van der Waals surface area contributed by atoms with Crippen molar-refractivity contribution in [1.82, 2.24) is 15.2 Å². The molecule has 1 N–H and O–H groups in total. The highest BCUT2D eigenvalue weighted by molar-refractivity contribution is 6.05. The lowest BCUT2D eigenvalue weighted by atomic mass is 10.1. The van der Waals surface area contributed by atoms with Crippen molar-refractivity contribution in [3.63, 3.8) is 0 Å². The van der Waals surface area contributed by atoms with E-state index in [2.05, 4.69) is 29.0 Å². The number of carbonyl (C=O) groups is 1. The fraction of sp³-hybridized carbons (Fsp3) is 0.474. The average molecular weight is 311 g/mol. The molecule has 1 aromatic heterocycles. The molecule has 0 bridgehead atoms. The molecule has 122 valence electrons. The van der Waals surface area contributed by atoms with Crippen molar-refractivity contribution < 1.29 is 4.79 Å². The van der Waals surface area contributed by atoms with E-state index in [0.717, 1.165) is 42.7 Å². The molecule has 0 spiro atoms. The summed E-state index contributed by atoms with van der Waals surface area (Å²) in [6.07, 6.45) is 1.16. The van der Waals surface area contributed by atoms with Gasteiger partial charge in [0.15, 0.2) is 0 Å². The van der Waals surface area contributed by atoms with E-state index in [1.54, 1.807) is 0 Å². The Morgan fingerprint density at radius 3 is 2.91 bits per heavy atom. The molecule has 0 aliphatic carbocycles. The zero-order chi connectivity index (χ0) is 16.4. The normalized spacial score (nSPS) is 18.7. The molecule has 1 aliphatic rings. The zero-order valence-corrected chi connectivity index (χ0v) is 14.2. The number of nitrogens with zero attached hydrogens (tertiary/aromatic N) is 2. The summed E-state index contributed by atoms with van der Waals surface area (Å²) in [6.45, 7) is 9.35. The highest BCUT2D eigenvalue weighted by Crippen LogP contribution is 2.19. The van der Waals surface area contributed by atoms with Crippen LogP contribution in [0.5, 0.6) is 0 Å². The number of aryl methyl sites for hydroxylation is 1. The van der Waals surface area contributed by atoms with Crippen molar-refractivity contribution in [1.29, 1.82) is 0 Å². The van der Waals surface area contributed by atoms with E-state index in [1.165, 1.54) is 0 Å². The second-order valence-electron chi connectivity index (χ2n) is 6.78. The monoisotopic (exact) mass is 311 g/mol. The van der Waals surface area contributed by atoms with Gasteiger partial charge in [0, 0.05) is 30.2 Å². The maximum Gasteiger partial charge on any atom is 0.253 e. The van der Waals surface area contributed by atoms with Crippen LogP contribution < -0.4 is 5.32 Å². The Morgan fingerprint density at radius 2 is 2.17 bits per heavy atom. The van der Waals surface area contributed by atoms with Crippen molar-refractivity contribution in [3.8, 4) is 0 Å². The van der Waals surface area contributed by atoms with Gasteiger partial charge in [0.2, 0.25) is 0 Å². The van der Waals surface area contributed by atoms with E-state index in [-0.39, 0.29) is 5.91 Å². The van der Waals surface area contributed by atoms with Crippen LogP contribution in [0.1, 0.15) is 36.3 Å². The molecule has 0 radical (unpaired) electrons. The Labute approximate surface area is 137 Å². The summed E-state index contributed by atoms with van der Waals surface area (Å²) in [4.78, 5) is 19.6. The summed E-state index contributed by atoms with van der Waals surface area (Å²) in [5, 5.41) is 4.12. The van der Waals surface area contributed by atoms with Crippen LogP contribution in [0.4, 0.5) is 0 Å². The number of nitrogens with one attached hydrogen (secondary N) is 1. The molecule has 1 fully saturated rings. The molecule has 3 rings (SSSR count). The van der Waals surface area contributed by atoms with Crippen LogP contribution in [0.3, 0.4) is 0 Å². The summed E-state index contributed by atoms with van der Waals surface area (Å²) >= 11 is 0. The minimum atomic E-state index is -0.0169. The van der Waals surface area contributed by atoms with Crippen LogP contribution in [0.2, 0.25) is 0 Å². The second-order valence-corrected chi connectivity index (χ2v) is 6.78. The molecule has 23 heavy (non-hydrogen) atoms. The number of hydrogen-bond acceptors (Lipinski definition) is 3. The molecule has 2 heterocycles. The van der Waals surface area contributed by atoms with Crippen molar-refractivity contribution in [3.05, 3.63) is 41.6 Å². The van der Waals surface area contributed by atoms with Gasteiger partial charge >= 0.3 is 0 Å². The summed E-state index contributed by atoms with van der Waals surface area (Å²) in [7, 11) is 0. The number of para-hydroxylation sites is 1.